The first-order valence-corrected chi connectivity index (χ1v) is 7.58. The first-order chi connectivity index (χ1) is 10.4. The van der Waals surface area contributed by atoms with Gasteiger partial charge in [0.2, 0.25) is 11.8 Å². The summed E-state index contributed by atoms with van der Waals surface area (Å²) in [5, 5.41) is 2.85. The van der Waals surface area contributed by atoms with E-state index in [-0.39, 0.29) is 18.4 Å². The SMILES string of the molecule is COc1ccccc1CCNC(=O)CN(CC(C)C)C(C)=O. The van der Waals surface area contributed by atoms with Crippen LogP contribution in [-0.4, -0.2) is 43.5 Å². The van der Waals surface area contributed by atoms with Crippen molar-refractivity contribution in [3.63, 3.8) is 0 Å². The minimum absolute atomic E-state index is 0.0754. The van der Waals surface area contributed by atoms with Gasteiger partial charge in [-0.15, -0.1) is 0 Å². The minimum Gasteiger partial charge on any atom is -0.496 e. The van der Waals surface area contributed by atoms with Gasteiger partial charge in [-0.05, 0) is 24.0 Å². The molecule has 5 heteroatoms. The fourth-order valence-corrected chi connectivity index (χ4v) is 2.22. The van der Waals surface area contributed by atoms with E-state index < -0.39 is 0 Å². The van der Waals surface area contributed by atoms with Crippen LogP contribution in [0.1, 0.15) is 26.3 Å². The summed E-state index contributed by atoms with van der Waals surface area (Å²) < 4.78 is 5.28. The van der Waals surface area contributed by atoms with Crippen LogP contribution in [0.25, 0.3) is 0 Å². The topological polar surface area (TPSA) is 58.6 Å². The number of para-hydroxylation sites is 1. The summed E-state index contributed by atoms with van der Waals surface area (Å²) in [5.41, 5.74) is 1.05. The molecular weight excluding hydrogens is 280 g/mol. The van der Waals surface area contributed by atoms with Crippen molar-refractivity contribution < 1.29 is 14.3 Å². The lowest BCUT2D eigenvalue weighted by atomic mass is 10.1. The van der Waals surface area contributed by atoms with Crippen molar-refractivity contribution in [2.75, 3.05) is 26.7 Å². The molecule has 1 rings (SSSR count). The Bertz CT molecular complexity index is 500. The van der Waals surface area contributed by atoms with Gasteiger partial charge in [-0.1, -0.05) is 32.0 Å². The van der Waals surface area contributed by atoms with Gasteiger partial charge in [0.1, 0.15) is 5.75 Å². The van der Waals surface area contributed by atoms with Crippen molar-refractivity contribution >= 4 is 11.8 Å². The molecule has 0 radical (unpaired) electrons. The van der Waals surface area contributed by atoms with E-state index in [0.29, 0.717) is 25.4 Å². The van der Waals surface area contributed by atoms with E-state index >= 15 is 0 Å². The predicted octanol–water partition coefficient (Wildman–Crippen LogP) is 1.86. The van der Waals surface area contributed by atoms with Crippen LogP contribution in [-0.2, 0) is 16.0 Å². The Balaban J connectivity index is 2.43. The lowest BCUT2D eigenvalue weighted by molar-refractivity contribution is -0.134. The highest BCUT2D eigenvalue weighted by Crippen LogP contribution is 2.17. The number of amides is 2. The van der Waals surface area contributed by atoms with Crippen molar-refractivity contribution in [2.24, 2.45) is 5.92 Å². The first-order valence-electron chi connectivity index (χ1n) is 7.58. The Kier molecular flexibility index (Phi) is 7.43. The summed E-state index contributed by atoms with van der Waals surface area (Å²) in [6.07, 6.45) is 0.694. The van der Waals surface area contributed by atoms with E-state index in [1.54, 1.807) is 12.0 Å². The van der Waals surface area contributed by atoms with Crippen molar-refractivity contribution in [3.8, 4) is 5.75 Å². The molecule has 1 N–H and O–H groups in total. The van der Waals surface area contributed by atoms with E-state index in [9.17, 15) is 9.59 Å². The van der Waals surface area contributed by atoms with Gasteiger partial charge in [-0.2, -0.15) is 0 Å². The molecular formula is C17H26N2O3. The zero-order valence-corrected chi connectivity index (χ0v) is 13.9. The average Bonchev–Trinajstić information content (AvgIpc) is 2.46. The monoisotopic (exact) mass is 306 g/mol. The number of carbonyl (C=O) groups excluding carboxylic acids is 2. The Hall–Kier alpha value is -2.04. The Morgan fingerprint density at radius 2 is 1.95 bits per heavy atom. The third-order valence-corrected chi connectivity index (χ3v) is 3.27. The summed E-state index contributed by atoms with van der Waals surface area (Å²) in [6.45, 7) is 6.76. The molecule has 0 saturated heterocycles. The standard InChI is InChI=1S/C17H26N2O3/c1-13(2)11-19(14(3)20)12-17(21)18-10-9-15-7-5-6-8-16(15)22-4/h5-8,13H,9-12H2,1-4H3,(H,18,21). The molecule has 0 aliphatic carbocycles. The number of carbonyl (C=O) groups is 2. The number of hydrogen-bond acceptors (Lipinski definition) is 3. The highest BCUT2D eigenvalue weighted by Gasteiger charge is 2.14. The quantitative estimate of drug-likeness (QED) is 0.797. The highest BCUT2D eigenvalue weighted by molar-refractivity contribution is 5.83. The van der Waals surface area contributed by atoms with Gasteiger partial charge in [0.15, 0.2) is 0 Å². The van der Waals surface area contributed by atoms with Crippen molar-refractivity contribution in [1.29, 1.82) is 0 Å². The Morgan fingerprint density at radius 3 is 2.55 bits per heavy atom. The second-order valence-corrected chi connectivity index (χ2v) is 5.71. The average molecular weight is 306 g/mol. The molecule has 0 spiro atoms. The number of rotatable bonds is 8. The third kappa shape index (κ3) is 6.16. The van der Waals surface area contributed by atoms with E-state index in [1.165, 1.54) is 6.92 Å². The molecule has 5 nitrogen and oxygen atoms in total. The molecule has 1 aromatic rings. The lowest BCUT2D eigenvalue weighted by Gasteiger charge is -2.22. The van der Waals surface area contributed by atoms with Crippen molar-refractivity contribution in [2.45, 2.75) is 27.2 Å². The molecule has 0 aliphatic rings. The lowest BCUT2D eigenvalue weighted by Crippen LogP contribution is -2.41. The largest absolute Gasteiger partial charge is 0.496 e. The number of nitrogens with one attached hydrogen (secondary N) is 1. The molecule has 0 aromatic heterocycles. The Labute approximate surface area is 132 Å². The van der Waals surface area contributed by atoms with E-state index in [0.717, 1.165) is 11.3 Å². The van der Waals surface area contributed by atoms with E-state index in [1.807, 2.05) is 38.1 Å². The summed E-state index contributed by atoms with van der Waals surface area (Å²) in [7, 11) is 1.63. The molecule has 0 aliphatic heterocycles. The van der Waals surface area contributed by atoms with Crippen LogP contribution >= 0.6 is 0 Å². The second kappa shape index (κ2) is 9.07. The smallest absolute Gasteiger partial charge is 0.239 e. The molecule has 122 valence electrons. The van der Waals surface area contributed by atoms with Crippen LogP contribution in [0.15, 0.2) is 24.3 Å². The highest BCUT2D eigenvalue weighted by atomic mass is 16.5. The molecule has 1 aromatic carbocycles. The van der Waals surface area contributed by atoms with Gasteiger partial charge in [-0.25, -0.2) is 0 Å². The molecule has 0 heterocycles. The Morgan fingerprint density at radius 1 is 1.27 bits per heavy atom. The third-order valence-electron chi connectivity index (χ3n) is 3.27. The molecule has 0 unspecified atom stereocenters. The van der Waals surface area contributed by atoms with Crippen LogP contribution in [0.3, 0.4) is 0 Å². The minimum atomic E-state index is -0.134. The zero-order chi connectivity index (χ0) is 16.5. The molecule has 0 bridgehead atoms. The summed E-state index contributed by atoms with van der Waals surface area (Å²) >= 11 is 0. The van der Waals surface area contributed by atoms with Gasteiger partial charge in [0, 0.05) is 20.0 Å². The molecule has 0 fully saturated rings. The number of ether oxygens (including phenoxy) is 1. The maximum Gasteiger partial charge on any atom is 0.239 e. The molecule has 2 amide bonds. The van der Waals surface area contributed by atoms with Crippen molar-refractivity contribution in [3.05, 3.63) is 29.8 Å². The normalized spacial score (nSPS) is 10.4. The summed E-state index contributed by atoms with van der Waals surface area (Å²) in [4.78, 5) is 25.0. The van der Waals surface area contributed by atoms with Gasteiger partial charge in [0.05, 0.1) is 13.7 Å². The predicted molar refractivity (Wildman–Crippen MR) is 86.8 cm³/mol. The number of hydrogen-bond donors (Lipinski definition) is 1. The van der Waals surface area contributed by atoms with Crippen LogP contribution in [0.2, 0.25) is 0 Å². The van der Waals surface area contributed by atoms with Crippen LogP contribution in [0.5, 0.6) is 5.75 Å². The summed E-state index contributed by atoms with van der Waals surface area (Å²) in [6, 6.07) is 7.74. The second-order valence-electron chi connectivity index (χ2n) is 5.71. The van der Waals surface area contributed by atoms with Gasteiger partial charge in [-0.3, -0.25) is 9.59 Å². The zero-order valence-electron chi connectivity index (χ0n) is 13.9. The summed E-state index contributed by atoms with van der Waals surface area (Å²) in [5.74, 6) is 0.950. The van der Waals surface area contributed by atoms with Crippen LogP contribution in [0, 0.1) is 5.92 Å². The van der Waals surface area contributed by atoms with E-state index in [4.69, 9.17) is 4.74 Å². The van der Waals surface area contributed by atoms with E-state index in [2.05, 4.69) is 5.32 Å². The fraction of sp³-hybridized carbons (Fsp3) is 0.529. The number of nitrogens with zero attached hydrogens (tertiary/aromatic N) is 1. The number of benzene rings is 1. The molecule has 22 heavy (non-hydrogen) atoms. The van der Waals surface area contributed by atoms with Gasteiger partial charge < -0.3 is 15.0 Å². The first kappa shape index (κ1) is 18.0. The number of methoxy groups -OCH3 is 1. The maximum atomic E-state index is 11.9. The van der Waals surface area contributed by atoms with Gasteiger partial charge >= 0.3 is 0 Å². The van der Waals surface area contributed by atoms with Gasteiger partial charge in [0.25, 0.3) is 0 Å². The fourth-order valence-electron chi connectivity index (χ4n) is 2.22. The molecule has 0 atom stereocenters. The van der Waals surface area contributed by atoms with Crippen molar-refractivity contribution in [1.82, 2.24) is 10.2 Å². The maximum absolute atomic E-state index is 11.9. The van der Waals surface area contributed by atoms with Crippen LogP contribution in [0.4, 0.5) is 0 Å². The van der Waals surface area contributed by atoms with Crippen LogP contribution < -0.4 is 10.1 Å². The molecule has 0 saturated carbocycles.